The van der Waals surface area contributed by atoms with Crippen LogP contribution >= 0.6 is 0 Å². The first kappa shape index (κ1) is 12.6. The maximum atomic E-state index is 12.3. The van der Waals surface area contributed by atoms with Crippen LogP contribution in [0.1, 0.15) is 18.5 Å². The summed E-state index contributed by atoms with van der Waals surface area (Å²) in [6.45, 7) is 2.39. The lowest BCUT2D eigenvalue weighted by Crippen LogP contribution is -2.26. The Morgan fingerprint density at radius 1 is 1.26 bits per heavy atom. The van der Waals surface area contributed by atoms with E-state index in [1.807, 2.05) is 25.1 Å². The highest BCUT2D eigenvalue weighted by Crippen LogP contribution is 2.28. The van der Waals surface area contributed by atoms with Crippen molar-refractivity contribution in [2.24, 2.45) is 5.92 Å². The van der Waals surface area contributed by atoms with Crippen LogP contribution in [0.2, 0.25) is 0 Å². The molecule has 1 N–H and O–H groups in total. The molecule has 5 heteroatoms. The Hall–Kier alpha value is -1.46. The summed E-state index contributed by atoms with van der Waals surface area (Å²) in [6, 6.07) is 9.03. The summed E-state index contributed by atoms with van der Waals surface area (Å²) in [5.41, 5.74) is 1.36. The number of aromatic nitrogens is 1. The van der Waals surface area contributed by atoms with Crippen LogP contribution in [0.3, 0.4) is 0 Å². The Morgan fingerprint density at radius 2 is 2.05 bits per heavy atom. The van der Waals surface area contributed by atoms with Crippen molar-refractivity contribution in [1.29, 1.82) is 0 Å². The van der Waals surface area contributed by atoms with Gasteiger partial charge in [-0.2, -0.15) is 0 Å². The third-order valence-corrected chi connectivity index (χ3v) is 4.83. The third-order valence-electron chi connectivity index (χ3n) is 3.37. The average Bonchev–Trinajstić information content (AvgIpc) is 3.19. The topological polar surface area (TPSA) is 59.1 Å². The summed E-state index contributed by atoms with van der Waals surface area (Å²) in [4.78, 5) is 4.64. The SMILES string of the molecule is Cc1ccc2cccc(S(=O)(=O)NCC3CC3)c2n1. The van der Waals surface area contributed by atoms with E-state index in [0.717, 1.165) is 23.9 Å². The highest BCUT2D eigenvalue weighted by atomic mass is 32.2. The first-order chi connectivity index (χ1) is 9.06. The molecule has 1 heterocycles. The van der Waals surface area contributed by atoms with Crippen LogP contribution in [-0.2, 0) is 10.0 Å². The van der Waals surface area contributed by atoms with Gasteiger partial charge in [0.1, 0.15) is 4.90 Å². The van der Waals surface area contributed by atoms with Gasteiger partial charge < -0.3 is 0 Å². The van der Waals surface area contributed by atoms with Crippen LogP contribution in [-0.4, -0.2) is 19.9 Å². The number of para-hydroxylation sites is 1. The van der Waals surface area contributed by atoms with Crippen molar-refractivity contribution >= 4 is 20.9 Å². The van der Waals surface area contributed by atoms with Crippen LogP contribution in [0.5, 0.6) is 0 Å². The fourth-order valence-corrected chi connectivity index (χ4v) is 3.35. The number of nitrogens with one attached hydrogen (secondary N) is 1. The number of rotatable bonds is 4. The van der Waals surface area contributed by atoms with Gasteiger partial charge in [-0.05, 0) is 37.8 Å². The van der Waals surface area contributed by atoms with Gasteiger partial charge in [-0.1, -0.05) is 18.2 Å². The van der Waals surface area contributed by atoms with E-state index >= 15 is 0 Å². The number of fused-ring (bicyclic) bond motifs is 1. The minimum Gasteiger partial charge on any atom is -0.252 e. The lowest BCUT2D eigenvalue weighted by atomic mass is 10.2. The Balaban J connectivity index is 2.05. The zero-order valence-electron chi connectivity index (χ0n) is 10.8. The summed E-state index contributed by atoms with van der Waals surface area (Å²) in [5.74, 6) is 0.513. The molecule has 1 aromatic carbocycles. The maximum Gasteiger partial charge on any atom is 0.242 e. The second-order valence-electron chi connectivity index (χ2n) is 5.08. The van der Waals surface area contributed by atoms with Crippen molar-refractivity contribution in [2.75, 3.05) is 6.54 Å². The van der Waals surface area contributed by atoms with Crippen molar-refractivity contribution in [2.45, 2.75) is 24.7 Å². The molecule has 1 saturated carbocycles. The Kier molecular flexibility index (Phi) is 3.03. The highest BCUT2D eigenvalue weighted by molar-refractivity contribution is 7.89. The molecule has 0 bridgehead atoms. The summed E-state index contributed by atoms with van der Waals surface area (Å²) < 4.78 is 27.4. The average molecular weight is 276 g/mol. The molecule has 3 rings (SSSR count). The number of benzene rings is 1. The minimum absolute atomic E-state index is 0.273. The lowest BCUT2D eigenvalue weighted by molar-refractivity contribution is 0.578. The molecule has 0 radical (unpaired) electrons. The summed E-state index contributed by atoms with van der Waals surface area (Å²) in [6.07, 6.45) is 2.24. The van der Waals surface area contributed by atoms with Gasteiger partial charge in [0.2, 0.25) is 10.0 Å². The van der Waals surface area contributed by atoms with Crippen molar-refractivity contribution in [3.05, 3.63) is 36.0 Å². The quantitative estimate of drug-likeness (QED) is 0.931. The molecular weight excluding hydrogens is 260 g/mol. The predicted molar refractivity (Wildman–Crippen MR) is 74.4 cm³/mol. The molecule has 4 nitrogen and oxygen atoms in total. The predicted octanol–water partition coefficient (Wildman–Crippen LogP) is 2.23. The molecule has 1 fully saturated rings. The number of pyridine rings is 1. The van der Waals surface area contributed by atoms with E-state index in [-0.39, 0.29) is 4.90 Å². The van der Waals surface area contributed by atoms with E-state index < -0.39 is 10.0 Å². The first-order valence-electron chi connectivity index (χ1n) is 6.42. The van der Waals surface area contributed by atoms with Crippen LogP contribution in [0, 0.1) is 12.8 Å². The van der Waals surface area contributed by atoms with Crippen molar-refractivity contribution in [3.8, 4) is 0 Å². The van der Waals surface area contributed by atoms with E-state index in [0.29, 0.717) is 18.0 Å². The molecule has 0 saturated heterocycles. The van der Waals surface area contributed by atoms with Gasteiger partial charge in [-0.25, -0.2) is 13.1 Å². The third kappa shape index (κ3) is 2.62. The summed E-state index contributed by atoms with van der Waals surface area (Å²) in [7, 11) is -3.47. The molecular formula is C14H16N2O2S. The van der Waals surface area contributed by atoms with Crippen molar-refractivity contribution < 1.29 is 8.42 Å². The van der Waals surface area contributed by atoms with Crippen LogP contribution < -0.4 is 4.72 Å². The first-order valence-corrected chi connectivity index (χ1v) is 7.90. The molecule has 1 aliphatic carbocycles. The Bertz CT molecular complexity index is 721. The summed E-state index contributed by atoms with van der Waals surface area (Å²) >= 11 is 0. The second-order valence-corrected chi connectivity index (χ2v) is 6.81. The molecule has 0 amide bonds. The van der Waals surface area contributed by atoms with Gasteiger partial charge in [-0.3, -0.25) is 4.98 Å². The van der Waals surface area contributed by atoms with Crippen molar-refractivity contribution in [3.63, 3.8) is 0 Å². The van der Waals surface area contributed by atoms with Gasteiger partial charge in [0.25, 0.3) is 0 Å². The van der Waals surface area contributed by atoms with E-state index in [2.05, 4.69) is 9.71 Å². The second kappa shape index (κ2) is 4.58. The highest BCUT2D eigenvalue weighted by Gasteiger charge is 2.25. The van der Waals surface area contributed by atoms with Crippen LogP contribution in [0.25, 0.3) is 10.9 Å². The molecule has 0 spiro atoms. The van der Waals surface area contributed by atoms with Gasteiger partial charge in [0, 0.05) is 17.6 Å². The smallest absolute Gasteiger partial charge is 0.242 e. The van der Waals surface area contributed by atoms with Crippen molar-refractivity contribution in [1.82, 2.24) is 9.71 Å². The van der Waals surface area contributed by atoms with Gasteiger partial charge >= 0.3 is 0 Å². The molecule has 0 atom stereocenters. The largest absolute Gasteiger partial charge is 0.252 e. The summed E-state index contributed by atoms with van der Waals surface area (Å²) in [5, 5.41) is 0.847. The van der Waals surface area contributed by atoms with Gasteiger partial charge in [0.05, 0.1) is 5.52 Å². The monoisotopic (exact) mass is 276 g/mol. The minimum atomic E-state index is -3.47. The normalized spacial score (nSPS) is 15.8. The molecule has 1 aliphatic rings. The molecule has 19 heavy (non-hydrogen) atoms. The van der Waals surface area contributed by atoms with Gasteiger partial charge in [0.15, 0.2) is 0 Å². The van der Waals surface area contributed by atoms with Crippen LogP contribution in [0.4, 0.5) is 0 Å². The van der Waals surface area contributed by atoms with Gasteiger partial charge in [-0.15, -0.1) is 0 Å². The molecule has 0 unspecified atom stereocenters. The number of nitrogens with zero attached hydrogens (tertiary/aromatic N) is 1. The van der Waals surface area contributed by atoms with E-state index in [1.54, 1.807) is 12.1 Å². The van der Waals surface area contributed by atoms with E-state index in [4.69, 9.17) is 0 Å². The zero-order chi connectivity index (χ0) is 13.5. The molecule has 2 aromatic rings. The fraction of sp³-hybridized carbons (Fsp3) is 0.357. The Morgan fingerprint density at radius 3 is 2.79 bits per heavy atom. The fourth-order valence-electron chi connectivity index (χ4n) is 2.06. The van der Waals surface area contributed by atoms with E-state index in [1.165, 1.54) is 0 Å². The molecule has 100 valence electrons. The lowest BCUT2D eigenvalue weighted by Gasteiger charge is -2.09. The Labute approximate surface area is 112 Å². The number of sulfonamides is 1. The number of hydrogen-bond acceptors (Lipinski definition) is 3. The van der Waals surface area contributed by atoms with Crippen LogP contribution in [0.15, 0.2) is 35.2 Å². The standard InChI is InChI=1S/C14H16N2O2S/c1-10-5-8-12-3-2-4-13(14(12)16-10)19(17,18)15-9-11-6-7-11/h2-5,8,11,15H,6-7,9H2,1H3. The molecule has 0 aliphatic heterocycles. The molecule has 1 aromatic heterocycles. The van der Waals surface area contributed by atoms with E-state index in [9.17, 15) is 8.42 Å². The number of hydrogen-bond donors (Lipinski definition) is 1. The number of aryl methyl sites for hydroxylation is 1. The zero-order valence-corrected chi connectivity index (χ0v) is 11.6. The maximum absolute atomic E-state index is 12.3.